The lowest BCUT2D eigenvalue weighted by atomic mass is 10.0. The largest absolute Gasteiger partial charge is 0.393 e. The van der Waals surface area contributed by atoms with Crippen LogP contribution in [0.25, 0.3) is 0 Å². The summed E-state index contributed by atoms with van der Waals surface area (Å²) in [5, 5.41) is 19.3. The number of aliphatic hydroxyl groups excluding tert-OH is 2. The van der Waals surface area contributed by atoms with Crippen LogP contribution in [-0.4, -0.2) is 22.4 Å². The average Bonchev–Trinajstić information content (AvgIpc) is 2.29. The predicted molar refractivity (Wildman–Crippen MR) is 74.1 cm³/mol. The molecule has 2 N–H and O–H groups in total. The molecule has 2 nitrogen and oxygen atoms in total. The van der Waals surface area contributed by atoms with Crippen LogP contribution in [0.4, 0.5) is 0 Å². The second kappa shape index (κ2) is 12.4. The van der Waals surface area contributed by atoms with Crippen LogP contribution in [-0.2, 0) is 0 Å². The third-order valence-corrected chi connectivity index (χ3v) is 3.34. The summed E-state index contributed by atoms with van der Waals surface area (Å²) in [6.07, 6.45) is 11.5. The normalized spacial score (nSPS) is 14.8. The van der Waals surface area contributed by atoms with Crippen molar-refractivity contribution in [3.05, 3.63) is 0 Å². The van der Waals surface area contributed by atoms with E-state index in [1.165, 1.54) is 25.7 Å². The zero-order valence-electron chi connectivity index (χ0n) is 11.8. The highest BCUT2D eigenvalue weighted by Crippen LogP contribution is 2.13. The number of unbranched alkanes of at least 4 members (excludes halogenated alkanes) is 4. The van der Waals surface area contributed by atoms with Gasteiger partial charge in [0, 0.05) is 0 Å². The highest BCUT2D eigenvalue weighted by molar-refractivity contribution is 4.60. The maximum Gasteiger partial charge on any atom is 0.0540 e. The van der Waals surface area contributed by atoms with Crippen LogP contribution in [0.3, 0.4) is 0 Å². The first-order valence-electron chi connectivity index (χ1n) is 7.56. The standard InChI is InChI=1S/C15H32O2/c1-3-5-6-7-8-11-15(17)13-9-12-14(16)10-4-2/h14-17H,3-13H2,1-2H3. The van der Waals surface area contributed by atoms with Crippen molar-refractivity contribution in [1.29, 1.82) is 0 Å². The van der Waals surface area contributed by atoms with Gasteiger partial charge in [-0.3, -0.25) is 0 Å². The highest BCUT2D eigenvalue weighted by atomic mass is 16.3. The van der Waals surface area contributed by atoms with Crippen LogP contribution in [0.15, 0.2) is 0 Å². The fourth-order valence-corrected chi connectivity index (χ4v) is 2.19. The molecule has 17 heavy (non-hydrogen) atoms. The van der Waals surface area contributed by atoms with Crippen molar-refractivity contribution in [2.24, 2.45) is 0 Å². The van der Waals surface area contributed by atoms with Crippen molar-refractivity contribution in [2.45, 2.75) is 96.7 Å². The lowest BCUT2D eigenvalue weighted by Gasteiger charge is -2.12. The SMILES string of the molecule is CCCCCCCC(O)CCCC(O)CCC. The van der Waals surface area contributed by atoms with E-state index in [1.807, 2.05) is 0 Å². The molecule has 0 radical (unpaired) electrons. The third kappa shape index (κ3) is 12.2. The van der Waals surface area contributed by atoms with Gasteiger partial charge in [0.1, 0.15) is 0 Å². The molecule has 0 saturated carbocycles. The molecule has 104 valence electrons. The van der Waals surface area contributed by atoms with Gasteiger partial charge in [-0.1, -0.05) is 52.4 Å². The molecule has 0 bridgehead atoms. The van der Waals surface area contributed by atoms with Gasteiger partial charge in [0.15, 0.2) is 0 Å². The summed E-state index contributed by atoms with van der Waals surface area (Å²) in [4.78, 5) is 0. The molecule has 0 saturated heterocycles. The Bertz CT molecular complexity index is 148. The van der Waals surface area contributed by atoms with E-state index in [0.29, 0.717) is 0 Å². The first-order chi connectivity index (χ1) is 8.20. The van der Waals surface area contributed by atoms with Crippen LogP contribution in [0.2, 0.25) is 0 Å². The molecule has 0 aliphatic rings. The van der Waals surface area contributed by atoms with Crippen molar-refractivity contribution >= 4 is 0 Å². The van der Waals surface area contributed by atoms with Gasteiger partial charge in [0.2, 0.25) is 0 Å². The van der Waals surface area contributed by atoms with Gasteiger partial charge in [-0.05, 0) is 32.1 Å². The Morgan fingerprint density at radius 2 is 1.12 bits per heavy atom. The third-order valence-electron chi connectivity index (χ3n) is 3.34. The van der Waals surface area contributed by atoms with E-state index in [2.05, 4.69) is 13.8 Å². The van der Waals surface area contributed by atoms with Gasteiger partial charge in [0.25, 0.3) is 0 Å². The second-order valence-corrected chi connectivity index (χ2v) is 5.23. The number of hydrogen-bond donors (Lipinski definition) is 2. The topological polar surface area (TPSA) is 40.5 Å². The minimum atomic E-state index is -0.156. The van der Waals surface area contributed by atoms with Crippen molar-refractivity contribution in [1.82, 2.24) is 0 Å². The first-order valence-corrected chi connectivity index (χ1v) is 7.56. The molecule has 2 heteroatoms. The summed E-state index contributed by atoms with van der Waals surface area (Å²) in [5.41, 5.74) is 0. The first kappa shape index (κ1) is 16.9. The van der Waals surface area contributed by atoms with Crippen LogP contribution in [0.1, 0.15) is 84.5 Å². The smallest absolute Gasteiger partial charge is 0.0540 e. The molecule has 0 heterocycles. The summed E-state index contributed by atoms with van der Waals surface area (Å²) in [5.74, 6) is 0. The van der Waals surface area contributed by atoms with Gasteiger partial charge < -0.3 is 10.2 Å². The van der Waals surface area contributed by atoms with Crippen molar-refractivity contribution in [3.63, 3.8) is 0 Å². The Kier molecular flexibility index (Phi) is 12.3. The summed E-state index contributed by atoms with van der Waals surface area (Å²) < 4.78 is 0. The minimum absolute atomic E-state index is 0.148. The van der Waals surface area contributed by atoms with E-state index in [1.54, 1.807) is 0 Å². The van der Waals surface area contributed by atoms with Gasteiger partial charge >= 0.3 is 0 Å². The highest BCUT2D eigenvalue weighted by Gasteiger charge is 2.06. The fourth-order valence-electron chi connectivity index (χ4n) is 2.19. The summed E-state index contributed by atoms with van der Waals surface area (Å²) >= 11 is 0. The monoisotopic (exact) mass is 244 g/mol. The summed E-state index contributed by atoms with van der Waals surface area (Å²) in [7, 11) is 0. The second-order valence-electron chi connectivity index (χ2n) is 5.23. The van der Waals surface area contributed by atoms with Crippen molar-refractivity contribution < 1.29 is 10.2 Å². The minimum Gasteiger partial charge on any atom is -0.393 e. The zero-order valence-corrected chi connectivity index (χ0v) is 11.8. The molecule has 0 aliphatic heterocycles. The Hall–Kier alpha value is -0.0800. The van der Waals surface area contributed by atoms with Gasteiger partial charge in [-0.25, -0.2) is 0 Å². The molecular weight excluding hydrogens is 212 g/mol. The molecule has 0 aromatic carbocycles. The Morgan fingerprint density at radius 3 is 1.71 bits per heavy atom. The van der Waals surface area contributed by atoms with Crippen LogP contribution >= 0.6 is 0 Å². The average molecular weight is 244 g/mol. The van der Waals surface area contributed by atoms with E-state index in [9.17, 15) is 10.2 Å². The number of aliphatic hydroxyl groups is 2. The maximum atomic E-state index is 9.77. The Labute approximate surface area is 107 Å². The van der Waals surface area contributed by atoms with Gasteiger partial charge in [-0.15, -0.1) is 0 Å². The lowest BCUT2D eigenvalue weighted by molar-refractivity contribution is 0.122. The van der Waals surface area contributed by atoms with E-state index in [-0.39, 0.29) is 12.2 Å². The van der Waals surface area contributed by atoms with Gasteiger partial charge in [0.05, 0.1) is 12.2 Å². The zero-order chi connectivity index (χ0) is 12.9. The molecular formula is C15H32O2. The fraction of sp³-hybridized carbons (Fsp3) is 1.00. The van der Waals surface area contributed by atoms with Crippen LogP contribution in [0.5, 0.6) is 0 Å². The van der Waals surface area contributed by atoms with E-state index in [0.717, 1.165) is 44.9 Å². The molecule has 0 amide bonds. The number of rotatable bonds is 12. The number of hydrogen-bond acceptors (Lipinski definition) is 2. The van der Waals surface area contributed by atoms with Crippen molar-refractivity contribution in [3.8, 4) is 0 Å². The molecule has 2 unspecified atom stereocenters. The van der Waals surface area contributed by atoms with E-state index >= 15 is 0 Å². The summed E-state index contributed by atoms with van der Waals surface area (Å²) in [6, 6.07) is 0. The van der Waals surface area contributed by atoms with Crippen molar-refractivity contribution in [2.75, 3.05) is 0 Å². The molecule has 0 aromatic rings. The maximum absolute atomic E-state index is 9.77. The Balaban J connectivity index is 3.25. The molecule has 0 aromatic heterocycles. The van der Waals surface area contributed by atoms with Crippen LogP contribution < -0.4 is 0 Å². The molecule has 0 spiro atoms. The quantitative estimate of drug-likeness (QED) is 0.509. The Morgan fingerprint density at radius 1 is 0.588 bits per heavy atom. The molecule has 0 rings (SSSR count). The van der Waals surface area contributed by atoms with E-state index in [4.69, 9.17) is 0 Å². The molecule has 0 aliphatic carbocycles. The van der Waals surface area contributed by atoms with E-state index < -0.39 is 0 Å². The predicted octanol–water partition coefficient (Wildman–Crippen LogP) is 4.04. The van der Waals surface area contributed by atoms with Crippen LogP contribution in [0, 0.1) is 0 Å². The molecule has 2 atom stereocenters. The molecule has 0 fully saturated rings. The summed E-state index contributed by atoms with van der Waals surface area (Å²) in [6.45, 7) is 4.31. The van der Waals surface area contributed by atoms with Gasteiger partial charge in [-0.2, -0.15) is 0 Å². The lowest BCUT2D eigenvalue weighted by Crippen LogP contribution is -2.10.